The molecule has 0 aliphatic carbocycles. The summed E-state index contributed by atoms with van der Waals surface area (Å²) in [6.07, 6.45) is 7.45. The zero-order chi connectivity index (χ0) is 30.7. The first-order chi connectivity index (χ1) is 19.7. The molecule has 0 radical (unpaired) electrons. The van der Waals surface area contributed by atoms with E-state index in [4.69, 9.17) is 0 Å². The zero-order valence-electron chi connectivity index (χ0n) is 25.0. The van der Waals surface area contributed by atoms with Gasteiger partial charge in [0.2, 0.25) is 26.0 Å². The summed E-state index contributed by atoms with van der Waals surface area (Å²) in [5, 5.41) is 3.21. The summed E-state index contributed by atoms with van der Waals surface area (Å²) in [4.78, 5) is 15.3. The second kappa shape index (κ2) is 14.0. The maximum Gasteiger partial charge on any atom is 0.223 e. The van der Waals surface area contributed by atoms with Crippen molar-refractivity contribution in [2.75, 3.05) is 58.3 Å². The van der Waals surface area contributed by atoms with Crippen molar-refractivity contribution in [3.8, 4) is 0 Å². The molecule has 3 fully saturated rings. The fourth-order valence-electron chi connectivity index (χ4n) is 6.95. The number of sulfonamides is 2. The van der Waals surface area contributed by atoms with E-state index < -0.39 is 31.7 Å². The average Bonchev–Trinajstić information content (AvgIpc) is 2.92. The molecule has 42 heavy (non-hydrogen) atoms. The Bertz CT molecular complexity index is 1270. The number of piperidine rings is 3. The number of carbonyl (C=O) groups is 1. The van der Waals surface area contributed by atoms with Crippen molar-refractivity contribution in [1.82, 2.24) is 18.8 Å². The van der Waals surface area contributed by atoms with Gasteiger partial charge >= 0.3 is 0 Å². The number of nitrogens with one attached hydrogen (secondary N) is 1. The van der Waals surface area contributed by atoms with Crippen LogP contribution in [0.5, 0.6) is 0 Å². The molecule has 2 atom stereocenters. The molecule has 9 nitrogen and oxygen atoms in total. The lowest BCUT2D eigenvalue weighted by atomic mass is 9.78. The highest BCUT2D eigenvalue weighted by Crippen LogP contribution is 2.37. The second-order valence-electron chi connectivity index (χ2n) is 12.5. The first-order valence-corrected chi connectivity index (χ1v) is 18.8. The smallest absolute Gasteiger partial charge is 0.223 e. The van der Waals surface area contributed by atoms with Gasteiger partial charge in [-0.3, -0.25) is 4.79 Å². The molecule has 3 aliphatic rings. The van der Waals surface area contributed by atoms with Crippen LogP contribution in [0.1, 0.15) is 63.4 Å². The van der Waals surface area contributed by atoms with Crippen molar-refractivity contribution in [3.05, 3.63) is 35.4 Å². The highest BCUT2D eigenvalue weighted by atomic mass is 32.2. The van der Waals surface area contributed by atoms with Crippen LogP contribution in [0.15, 0.2) is 18.2 Å². The van der Waals surface area contributed by atoms with Gasteiger partial charge in [0, 0.05) is 57.3 Å². The molecular weight excluding hydrogens is 586 g/mol. The molecule has 1 amide bonds. The molecule has 0 bridgehead atoms. The van der Waals surface area contributed by atoms with E-state index in [1.165, 1.54) is 33.3 Å². The number of hydrogen-bond acceptors (Lipinski definition) is 6. The number of carbonyl (C=O) groups excluding carboxylic acids is 1. The van der Waals surface area contributed by atoms with Gasteiger partial charge in [-0.25, -0.2) is 34.2 Å². The quantitative estimate of drug-likeness (QED) is 0.425. The lowest BCUT2D eigenvalue weighted by Crippen LogP contribution is -2.48. The monoisotopic (exact) mass is 632 g/mol. The fourth-order valence-corrected chi connectivity index (χ4v) is 8.70. The minimum absolute atomic E-state index is 0.0277. The molecule has 3 heterocycles. The summed E-state index contributed by atoms with van der Waals surface area (Å²) < 4.78 is 78.8. The summed E-state index contributed by atoms with van der Waals surface area (Å²) in [5.41, 5.74) is 0.629. The van der Waals surface area contributed by atoms with Gasteiger partial charge in [-0.05, 0) is 86.9 Å². The third-order valence-electron chi connectivity index (χ3n) is 9.63. The van der Waals surface area contributed by atoms with Crippen LogP contribution in [-0.4, -0.2) is 101 Å². The Labute approximate surface area is 250 Å². The van der Waals surface area contributed by atoms with Crippen LogP contribution >= 0.6 is 0 Å². The molecule has 4 rings (SSSR count). The van der Waals surface area contributed by atoms with Gasteiger partial charge in [-0.15, -0.1) is 0 Å². The Morgan fingerprint density at radius 2 is 1.29 bits per heavy atom. The van der Waals surface area contributed by atoms with Gasteiger partial charge in [0.1, 0.15) is 11.6 Å². The van der Waals surface area contributed by atoms with E-state index in [1.54, 1.807) is 0 Å². The van der Waals surface area contributed by atoms with E-state index in [1.807, 2.05) is 6.92 Å². The molecule has 1 N–H and O–H groups in total. The molecule has 1 aromatic rings. The number of benzene rings is 1. The van der Waals surface area contributed by atoms with Crippen molar-refractivity contribution in [1.29, 1.82) is 0 Å². The zero-order valence-corrected chi connectivity index (χ0v) is 26.6. The molecule has 0 aromatic heterocycles. The van der Waals surface area contributed by atoms with Crippen LogP contribution in [-0.2, 0) is 24.8 Å². The van der Waals surface area contributed by atoms with Gasteiger partial charge in [-0.1, -0.05) is 6.92 Å². The number of likely N-dealkylation sites (tertiary alicyclic amines) is 1. The van der Waals surface area contributed by atoms with Crippen LogP contribution in [0.2, 0.25) is 0 Å². The maximum absolute atomic E-state index is 14.2. The molecule has 0 spiro atoms. The van der Waals surface area contributed by atoms with Gasteiger partial charge in [-0.2, -0.15) is 0 Å². The number of nitrogens with zero attached hydrogens (tertiary/aromatic N) is 3. The van der Waals surface area contributed by atoms with Crippen LogP contribution in [0.25, 0.3) is 0 Å². The van der Waals surface area contributed by atoms with Crippen LogP contribution in [0.3, 0.4) is 0 Å². The van der Waals surface area contributed by atoms with E-state index in [9.17, 15) is 30.4 Å². The molecule has 3 saturated heterocycles. The summed E-state index contributed by atoms with van der Waals surface area (Å²) in [6.45, 7) is 6.05. The lowest BCUT2D eigenvalue weighted by Gasteiger charge is -2.38. The normalized spacial score (nSPS) is 23.1. The first-order valence-electron chi connectivity index (χ1n) is 15.1. The summed E-state index contributed by atoms with van der Waals surface area (Å²) in [5.74, 6) is -1.13. The minimum Gasteiger partial charge on any atom is -0.353 e. The Hall–Kier alpha value is -1.67. The summed E-state index contributed by atoms with van der Waals surface area (Å²) in [7, 11) is -6.46. The first kappa shape index (κ1) is 33.2. The van der Waals surface area contributed by atoms with E-state index >= 15 is 0 Å². The predicted molar refractivity (Wildman–Crippen MR) is 159 cm³/mol. The lowest BCUT2D eigenvalue weighted by molar-refractivity contribution is -0.127. The molecule has 2 unspecified atom stereocenters. The van der Waals surface area contributed by atoms with E-state index in [-0.39, 0.29) is 35.6 Å². The van der Waals surface area contributed by atoms with Crippen LogP contribution in [0, 0.1) is 29.4 Å². The highest BCUT2D eigenvalue weighted by molar-refractivity contribution is 7.88. The van der Waals surface area contributed by atoms with Crippen molar-refractivity contribution < 1.29 is 30.4 Å². The largest absolute Gasteiger partial charge is 0.353 e. The summed E-state index contributed by atoms with van der Waals surface area (Å²) >= 11 is 0. The van der Waals surface area contributed by atoms with Crippen molar-refractivity contribution >= 4 is 26.0 Å². The Kier molecular flexibility index (Phi) is 11.0. The summed E-state index contributed by atoms with van der Waals surface area (Å²) in [6, 6.07) is 3.78. The number of halogens is 2. The minimum atomic E-state index is -3.26. The molecule has 0 saturated carbocycles. The molecular formula is C29H46F2N4O5S2. The van der Waals surface area contributed by atoms with E-state index in [0.29, 0.717) is 63.8 Å². The van der Waals surface area contributed by atoms with Gasteiger partial charge in [0.05, 0.1) is 12.5 Å². The molecule has 1 aromatic carbocycles. The van der Waals surface area contributed by atoms with Crippen LogP contribution in [0.4, 0.5) is 8.78 Å². The SMILES string of the molecule is CC(C(=O)NC1CCN(CCC(c2cc(F)cc(F)c2)C2CCN(S(C)(=O)=O)CC2)CC1)C1CCN(S(C)(=O)=O)CC1. The van der Waals surface area contributed by atoms with Gasteiger partial charge < -0.3 is 10.2 Å². The number of rotatable bonds is 10. The highest BCUT2D eigenvalue weighted by Gasteiger charge is 2.34. The number of amides is 1. The fraction of sp³-hybridized carbons (Fsp3) is 0.759. The average molecular weight is 633 g/mol. The second-order valence-corrected chi connectivity index (χ2v) is 16.5. The third-order valence-corrected chi connectivity index (χ3v) is 12.2. The Balaban J connectivity index is 1.27. The van der Waals surface area contributed by atoms with Crippen molar-refractivity contribution in [3.63, 3.8) is 0 Å². The van der Waals surface area contributed by atoms with Crippen molar-refractivity contribution in [2.45, 2.75) is 63.8 Å². The third kappa shape index (κ3) is 8.93. The van der Waals surface area contributed by atoms with Gasteiger partial charge in [0.15, 0.2) is 0 Å². The predicted octanol–water partition coefficient (Wildman–Crippen LogP) is 3.00. The topological polar surface area (TPSA) is 107 Å². The maximum atomic E-state index is 14.2. The van der Waals surface area contributed by atoms with E-state index in [2.05, 4.69) is 10.2 Å². The standard InChI is InChI=1S/C29H46F2N4O5S2/c1-21(22-4-14-34(15-5-22)41(2,37)38)29(36)32-27-8-11-33(12-9-27)13-10-28(24-18-25(30)20-26(31)19-24)23-6-16-35(17-7-23)42(3,39)40/h18-23,27-28H,4-17H2,1-3H3,(H,32,36). The van der Waals surface area contributed by atoms with Crippen molar-refractivity contribution in [2.24, 2.45) is 17.8 Å². The molecule has 238 valence electrons. The molecule has 3 aliphatic heterocycles. The van der Waals surface area contributed by atoms with E-state index in [0.717, 1.165) is 38.5 Å². The Morgan fingerprint density at radius 1 is 0.810 bits per heavy atom. The van der Waals surface area contributed by atoms with Gasteiger partial charge in [0.25, 0.3) is 0 Å². The Morgan fingerprint density at radius 3 is 1.76 bits per heavy atom. The number of hydrogen-bond donors (Lipinski definition) is 1. The molecule has 13 heteroatoms. The van der Waals surface area contributed by atoms with Crippen LogP contribution < -0.4 is 5.32 Å².